The summed E-state index contributed by atoms with van der Waals surface area (Å²) in [5.41, 5.74) is 1.04. The van der Waals surface area contributed by atoms with E-state index in [4.69, 9.17) is 21.7 Å². The number of halogens is 2. The van der Waals surface area contributed by atoms with Crippen molar-refractivity contribution in [2.45, 2.75) is 51.2 Å². The quantitative estimate of drug-likeness (QED) is 0.857. The van der Waals surface area contributed by atoms with Crippen LogP contribution >= 0.6 is 11.6 Å². The summed E-state index contributed by atoms with van der Waals surface area (Å²) in [6.07, 6.45) is 3.49. The Balaban J connectivity index is 2.08. The summed E-state index contributed by atoms with van der Waals surface area (Å²) in [6.45, 7) is 3.88. The van der Waals surface area contributed by atoms with Crippen molar-refractivity contribution in [2.75, 3.05) is 0 Å². The van der Waals surface area contributed by atoms with Crippen molar-refractivity contribution in [3.63, 3.8) is 0 Å². The molecule has 19 heavy (non-hydrogen) atoms. The first kappa shape index (κ1) is 14.5. The van der Waals surface area contributed by atoms with Gasteiger partial charge in [-0.3, -0.25) is 0 Å². The van der Waals surface area contributed by atoms with E-state index in [2.05, 4.69) is 0 Å². The Kier molecular flexibility index (Phi) is 4.26. The maximum atomic E-state index is 13.5. The number of hydrogen-bond acceptors (Lipinski definition) is 2. The largest absolute Gasteiger partial charge is 0.368 e. The van der Waals surface area contributed by atoms with E-state index in [-0.39, 0.29) is 11.1 Å². The van der Waals surface area contributed by atoms with Crippen LogP contribution in [0.3, 0.4) is 0 Å². The molecule has 0 unspecified atom stereocenters. The molecule has 1 aromatic rings. The molecule has 1 aliphatic rings. The highest BCUT2D eigenvalue weighted by atomic mass is 35.5. The van der Waals surface area contributed by atoms with Gasteiger partial charge in [0, 0.05) is 5.71 Å². The lowest BCUT2D eigenvalue weighted by Crippen LogP contribution is -2.31. The van der Waals surface area contributed by atoms with Gasteiger partial charge in [0.05, 0.1) is 16.7 Å². The van der Waals surface area contributed by atoms with E-state index in [1.807, 2.05) is 13.8 Å². The van der Waals surface area contributed by atoms with E-state index < -0.39 is 11.4 Å². The standard InChI is InChI=1S/C15H19ClFNO/c1-15(2,10-3-8-13(16)14(17)9-10)19-12-6-4-11(18)5-7-12/h3,8-9,12,18H,4-7H2,1-2H3. The maximum absolute atomic E-state index is 13.5. The summed E-state index contributed by atoms with van der Waals surface area (Å²) in [5, 5.41) is 7.74. The predicted octanol–water partition coefficient (Wildman–Crippen LogP) is 4.69. The molecule has 0 atom stereocenters. The molecule has 1 N–H and O–H groups in total. The second-order valence-electron chi connectivity index (χ2n) is 5.56. The number of nitrogens with one attached hydrogen (secondary N) is 1. The van der Waals surface area contributed by atoms with Crippen LogP contribution in [0.25, 0.3) is 0 Å². The van der Waals surface area contributed by atoms with E-state index in [0.717, 1.165) is 37.0 Å². The minimum atomic E-state index is -0.546. The Bertz CT molecular complexity index is 477. The summed E-state index contributed by atoms with van der Waals surface area (Å²) >= 11 is 5.70. The van der Waals surface area contributed by atoms with Gasteiger partial charge in [-0.2, -0.15) is 0 Å². The lowest BCUT2D eigenvalue weighted by atomic mass is 9.93. The first-order chi connectivity index (χ1) is 8.88. The molecule has 0 saturated heterocycles. The lowest BCUT2D eigenvalue weighted by Gasteiger charge is -2.33. The van der Waals surface area contributed by atoms with Gasteiger partial charge in [-0.25, -0.2) is 4.39 Å². The van der Waals surface area contributed by atoms with Crippen LogP contribution in [0.5, 0.6) is 0 Å². The SMILES string of the molecule is CC(C)(OC1CCC(=N)CC1)c1ccc(Cl)c(F)c1. The number of ether oxygens (including phenoxy) is 1. The van der Waals surface area contributed by atoms with Crippen LogP contribution in [0.2, 0.25) is 5.02 Å². The molecule has 0 aliphatic heterocycles. The van der Waals surface area contributed by atoms with Crippen LogP contribution in [-0.4, -0.2) is 11.8 Å². The highest BCUT2D eigenvalue weighted by Crippen LogP contribution is 2.32. The second kappa shape index (κ2) is 5.59. The van der Waals surface area contributed by atoms with Crippen LogP contribution in [0.15, 0.2) is 18.2 Å². The molecular formula is C15H19ClFNO. The minimum Gasteiger partial charge on any atom is -0.368 e. The van der Waals surface area contributed by atoms with Gasteiger partial charge in [0.15, 0.2) is 0 Å². The second-order valence-corrected chi connectivity index (χ2v) is 5.97. The van der Waals surface area contributed by atoms with Gasteiger partial charge in [-0.1, -0.05) is 17.7 Å². The van der Waals surface area contributed by atoms with Crippen LogP contribution in [0, 0.1) is 11.2 Å². The van der Waals surface area contributed by atoms with Gasteiger partial charge in [-0.05, 0) is 57.2 Å². The van der Waals surface area contributed by atoms with Crippen LogP contribution in [0.1, 0.15) is 45.1 Å². The topological polar surface area (TPSA) is 33.1 Å². The molecule has 0 heterocycles. The first-order valence-corrected chi connectivity index (χ1v) is 6.96. The van der Waals surface area contributed by atoms with Gasteiger partial charge in [0.1, 0.15) is 5.82 Å². The molecule has 0 radical (unpaired) electrons. The Morgan fingerprint density at radius 2 is 1.95 bits per heavy atom. The maximum Gasteiger partial charge on any atom is 0.142 e. The molecule has 0 spiro atoms. The third-order valence-electron chi connectivity index (χ3n) is 3.61. The molecule has 1 aliphatic carbocycles. The van der Waals surface area contributed by atoms with Crippen LogP contribution < -0.4 is 0 Å². The van der Waals surface area contributed by atoms with E-state index >= 15 is 0 Å². The zero-order valence-corrected chi connectivity index (χ0v) is 12.1. The first-order valence-electron chi connectivity index (χ1n) is 6.58. The number of hydrogen-bond donors (Lipinski definition) is 1. The fourth-order valence-electron chi connectivity index (χ4n) is 2.41. The molecule has 1 saturated carbocycles. The third kappa shape index (κ3) is 3.54. The van der Waals surface area contributed by atoms with Crippen molar-refractivity contribution in [1.82, 2.24) is 0 Å². The van der Waals surface area contributed by atoms with E-state index in [9.17, 15) is 4.39 Å². The van der Waals surface area contributed by atoms with E-state index in [1.54, 1.807) is 12.1 Å². The Labute approximate surface area is 118 Å². The smallest absolute Gasteiger partial charge is 0.142 e. The van der Waals surface area contributed by atoms with Gasteiger partial charge in [0.2, 0.25) is 0 Å². The van der Waals surface area contributed by atoms with Crippen molar-refractivity contribution in [3.05, 3.63) is 34.6 Å². The molecule has 1 fully saturated rings. The highest BCUT2D eigenvalue weighted by molar-refractivity contribution is 6.30. The number of rotatable bonds is 3. The molecule has 2 nitrogen and oxygen atoms in total. The third-order valence-corrected chi connectivity index (χ3v) is 3.92. The van der Waals surface area contributed by atoms with Crippen LogP contribution in [0.4, 0.5) is 4.39 Å². The average molecular weight is 284 g/mol. The predicted molar refractivity (Wildman–Crippen MR) is 75.5 cm³/mol. The summed E-state index contributed by atoms with van der Waals surface area (Å²) < 4.78 is 19.6. The molecule has 0 amide bonds. The highest BCUT2D eigenvalue weighted by Gasteiger charge is 2.28. The molecule has 104 valence electrons. The van der Waals surface area contributed by atoms with Gasteiger partial charge in [-0.15, -0.1) is 0 Å². The molecular weight excluding hydrogens is 265 g/mol. The zero-order valence-electron chi connectivity index (χ0n) is 11.3. The zero-order chi connectivity index (χ0) is 14.0. The molecule has 0 aromatic heterocycles. The fraction of sp³-hybridized carbons (Fsp3) is 0.533. The Morgan fingerprint density at radius 1 is 1.32 bits per heavy atom. The molecule has 4 heteroatoms. The normalized spacial score (nSPS) is 20.6. The minimum absolute atomic E-state index is 0.130. The van der Waals surface area contributed by atoms with Crippen molar-refractivity contribution >= 4 is 17.3 Å². The number of benzene rings is 1. The average Bonchev–Trinajstić information content (AvgIpc) is 2.35. The summed E-state index contributed by atoms with van der Waals surface area (Å²) in [4.78, 5) is 0. The monoisotopic (exact) mass is 283 g/mol. The summed E-state index contributed by atoms with van der Waals surface area (Å²) in [5.74, 6) is -0.415. The summed E-state index contributed by atoms with van der Waals surface area (Å²) in [7, 11) is 0. The Morgan fingerprint density at radius 3 is 2.53 bits per heavy atom. The molecule has 1 aromatic carbocycles. The van der Waals surface area contributed by atoms with Crippen molar-refractivity contribution in [3.8, 4) is 0 Å². The Hall–Kier alpha value is -0.930. The van der Waals surface area contributed by atoms with E-state index in [1.165, 1.54) is 6.07 Å². The van der Waals surface area contributed by atoms with Crippen molar-refractivity contribution < 1.29 is 9.13 Å². The lowest BCUT2D eigenvalue weighted by molar-refractivity contribution is -0.0831. The molecule has 0 bridgehead atoms. The van der Waals surface area contributed by atoms with Gasteiger partial charge in [0.25, 0.3) is 0 Å². The fourth-order valence-corrected chi connectivity index (χ4v) is 2.53. The van der Waals surface area contributed by atoms with Crippen LogP contribution in [-0.2, 0) is 10.3 Å². The van der Waals surface area contributed by atoms with Gasteiger partial charge < -0.3 is 10.1 Å². The molecule has 2 rings (SSSR count). The summed E-state index contributed by atoms with van der Waals surface area (Å²) in [6, 6.07) is 4.80. The van der Waals surface area contributed by atoms with Gasteiger partial charge >= 0.3 is 0 Å². The van der Waals surface area contributed by atoms with Crippen molar-refractivity contribution in [2.24, 2.45) is 0 Å². The van der Waals surface area contributed by atoms with E-state index in [0.29, 0.717) is 0 Å². The van der Waals surface area contributed by atoms with Crippen molar-refractivity contribution in [1.29, 1.82) is 5.41 Å².